The van der Waals surface area contributed by atoms with Gasteiger partial charge < -0.3 is 10.1 Å². The van der Waals surface area contributed by atoms with Crippen molar-refractivity contribution in [2.75, 3.05) is 0 Å². The Bertz CT molecular complexity index is 595. The molecule has 0 atom stereocenters. The maximum absolute atomic E-state index is 11.3. The molecule has 0 aromatic carbocycles. The summed E-state index contributed by atoms with van der Waals surface area (Å²) in [5.74, 6) is -0.480. The number of aromatic nitrogens is 2. The van der Waals surface area contributed by atoms with Crippen LogP contribution in [0.5, 0.6) is 5.88 Å². The zero-order chi connectivity index (χ0) is 11.4. The van der Waals surface area contributed by atoms with Crippen LogP contribution in [0.15, 0.2) is 10.4 Å². The molecule has 1 aromatic rings. The number of allylic oxidation sites excluding steroid dienone is 1. The summed E-state index contributed by atoms with van der Waals surface area (Å²) in [4.78, 5) is 15.8. The Morgan fingerprint density at radius 1 is 1.40 bits per heavy atom. The third-order valence-electron chi connectivity index (χ3n) is 1.49. The van der Waals surface area contributed by atoms with E-state index in [1.807, 2.05) is 0 Å². The fourth-order valence-corrected chi connectivity index (χ4v) is 1.04. The number of hydrogen-bond donors (Lipinski definition) is 3. The van der Waals surface area contributed by atoms with Gasteiger partial charge in [-0.3, -0.25) is 9.78 Å². The van der Waals surface area contributed by atoms with Gasteiger partial charge in [-0.1, -0.05) is 0 Å². The van der Waals surface area contributed by atoms with E-state index in [2.05, 4.69) is 22.2 Å². The van der Waals surface area contributed by atoms with Crippen molar-refractivity contribution in [1.82, 2.24) is 9.97 Å². The summed E-state index contributed by atoms with van der Waals surface area (Å²) in [5.41, 5.74) is -1.16. The lowest BCUT2D eigenvalue weighted by Gasteiger charge is -1.96. The highest BCUT2D eigenvalue weighted by Crippen LogP contribution is 2.10. The van der Waals surface area contributed by atoms with Gasteiger partial charge in [0.05, 0.1) is 0 Å². The van der Waals surface area contributed by atoms with Crippen LogP contribution in [-0.2, 0) is 0 Å². The predicted octanol–water partition coefficient (Wildman–Crippen LogP) is 0.569. The molecule has 0 aliphatic carbocycles. The fourth-order valence-electron chi connectivity index (χ4n) is 0.852. The van der Waals surface area contributed by atoms with Gasteiger partial charge in [0.1, 0.15) is 23.3 Å². The van der Waals surface area contributed by atoms with Crippen LogP contribution in [0.4, 0.5) is 0 Å². The van der Waals surface area contributed by atoms with Gasteiger partial charge in [-0.05, 0) is 18.3 Å². The molecule has 7 heteroatoms. The molecule has 0 saturated carbocycles. The smallest absolute Gasteiger partial charge is 0.262 e. The van der Waals surface area contributed by atoms with Crippen molar-refractivity contribution in [3.05, 3.63) is 26.3 Å². The number of H-pyrrole nitrogens is 2. The van der Waals surface area contributed by atoms with Crippen LogP contribution in [0, 0.1) is 27.4 Å². The Morgan fingerprint density at radius 2 is 2.00 bits per heavy atom. The minimum atomic E-state index is -0.667. The van der Waals surface area contributed by atoms with Crippen LogP contribution < -0.4 is 5.56 Å². The average Bonchev–Trinajstić information content (AvgIpc) is 2.17. The number of aromatic hydroxyl groups is 1. The van der Waals surface area contributed by atoms with Crippen molar-refractivity contribution < 1.29 is 5.11 Å². The van der Waals surface area contributed by atoms with Crippen LogP contribution in [0.2, 0.25) is 0 Å². The molecule has 6 nitrogen and oxygen atoms in total. The Labute approximate surface area is 88.7 Å². The van der Waals surface area contributed by atoms with Gasteiger partial charge in [0, 0.05) is 0 Å². The first-order valence-electron chi connectivity index (χ1n) is 3.66. The number of nitriles is 2. The van der Waals surface area contributed by atoms with Gasteiger partial charge in [-0.25, -0.2) is 0 Å². The number of aromatic amines is 2. The zero-order valence-electron chi connectivity index (χ0n) is 7.24. The van der Waals surface area contributed by atoms with E-state index in [1.165, 1.54) is 0 Å². The van der Waals surface area contributed by atoms with Gasteiger partial charge in [-0.2, -0.15) is 10.5 Å². The third kappa shape index (κ3) is 2.30. The van der Waals surface area contributed by atoms with Crippen LogP contribution in [0.25, 0.3) is 6.08 Å². The van der Waals surface area contributed by atoms with Crippen molar-refractivity contribution in [1.29, 1.82) is 10.5 Å². The lowest BCUT2D eigenvalue weighted by molar-refractivity contribution is 0.448. The normalized spacial score (nSPS) is 8.67. The highest BCUT2D eigenvalue weighted by molar-refractivity contribution is 7.71. The highest BCUT2D eigenvalue weighted by Gasteiger charge is 2.05. The molecule has 0 spiro atoms. The molecule has 0 aliphatic rings. The molecule has 0 bridgehead atoms. The van der Waals surface area contributed by atoms with Crippen LogP contribution in [0.1, 0.15) is 5.56 Å². The Balaban J connectivity index is 3.50. The number of nitrogens with zero attached hydrogens (tertiary/aromatic N) is 2. The van der Waals surface area contributed by atoms with Crippen LogP contribution >= 0.6 is 12.2 Å². The van der Waals surface area contributed by atoms with Gasteiger partial charge in [0.15, 0.2) is 4.77 Å². The number of hydrogen-bond acceptors (Lipinski definition) is 5. The van der Waals surface area contributed by atoms with E-state index >= 15 is 0 Å². The molecule has 74 valence electrons. The molecular weight excluding hydrogens is 216 g/mol. The number of rotatable bonds is 1. The summed E-state index contributed by atoms with van der Waals surface area (Å²) in [5, 5.41) is 26.2. The second-order valence-electron chi connectivity index (χ2n) is 2.45. The Kier molecular flexibility index (Phi) is 3.01. The third-order valence-corrected chi connectivity index (χ3v) is 1.69. The first-order chi connectivity index (χ1) is 7.08. The van der Waals surface area contributed by atoms with Crippen molar-refractivity contribution in [3.63, 3.8) is 0 Å². The van der Waals surface area contributed by atoms with E-state index < -0.39 is 11.4 Å². The van der Waals surface area contributed by atoms with Gasteiger partial charge >= 0.3 is 0 Å². The second-order valence-corrected chi connectivity index (χ2v) is 2.86. The lowest BCUT2D eigenvalue weighted by Crippen LogP contribution is -2.11. The SMILES string of the molecule is N#CC(C#N)=Cc1c(O)[nH]c(=S)[nH]c1=O. The summed E-state index contributed by atoms with van der Waals surface area (Å²) < 4.78 is -0.0369. The Morgan fingerprint density at radius 3 is 2.47 bits per heavy atom. The fraction of sp³-hybridized carbons (Fsp3) is 0. The topological polar surface area (TPSA) is 116 Å². The van der Waals surface area contributed by atoms with Gasteiger partial charge in [0.25, 0.3) is 5.56 Å². The lowest BCUT2D eigenvalue weighted by atomic mass is 10.2. The molecule has 0 aliphatic heterocycles. The largest absolute Gasteiger partial charge is 0.494 e. The molecule has 0 unspecified atom stereocenters. The summed E-state index contributed by atoms with van der Waals surface area (Å²) in [6.45, 7) is 0. The van der Waals surface area contributed by atoms with Crippen molar-refractivity contribution in [2.45, 2.75) is 0 Å². The molecule has 0 fully saturated rings. The molecule has 3 N–H and O–H groups in total. The standard InChI is InChI=1S/C8H4N4O2S/c9-2-4(3-10)1-5-6(13)11-8(15)12-7(5)14/h1H,(H3,11,12,13,14,15). The van der Waals surface area contributed by atoms with Crippen molar-refractivity contribution in [2.24, 2.45) is 0 Å². The van der Waals surface area contributed by atoms with E-state index in [0.717, 1.165) is 6.08 Å². The summed E-state index contributed by atoms with van der Waals surface area (Å²) in [6.07, 6.45) is 0.972. The van der Waals surface area contributed by atoms with E-state index in [9.17, 15) is 9.90 Å². The average molecular weight is 220 g/mol. The van der Waals surface area contributed by atoms with Crippen LogP contribution in [0.3, 0.4) is 0 Å². The van der Waals surface area contributed by atoms with E-state index in [-0.39, 0.29) is 15.9 Å². The summed E-state index contributed by atoms with van der Waals surface area (Å²) >= 11 is 4.60. The van der Waals surface area contributed by atoms with E-state index in [0.29, 0.717) is 0 Å². The monoisotopic (exact) mass is 220 g/mol. The minimum absolute atomic E-state index is 0.0369. The second kappa shape index (κ2) is 4.22. The van der Waals surface area contributed by atoms with Crippen LogP contribution in [-0.4, -0.2) is 15.1 Å². The quantitative estimate of drug-likeness (QED) is 0.472. The highest BCUT2D eigenvalue weighted by atomic mass is 32.1. The first kappa shape index (κ1) is 10.7. The molecular formula is C8H4N4O2S. The molecule has 15 heavy (non-hydrogen) atoms. The zero-order valence-corrected chi connectivity index (χ0v) is 8.05. The minimum Gasteiger partial charge on any atom is -0.494 e. The summed E-state index contributed by atoms with van der Waals surface area (Å²) in [6, 6.07) is 3.13. The van der Waals surface area contributed by atoms with Gasteiger partial charge in [-0.15, -0.1) is 0 Å². The van der Waals surface area contributed by atoms with E-state index in [1.54, 1.807) is 12.1 Å². The summed E-state index contributed by atoms with van der Waals surface area (Å²) in [7, 11) is 0. The molecule has 0 amide bonds. The molecule has 0 radical (unpaired) electrons. The van der Waals surface area contributed by atoms with Gasteiger partial charge in [0.2, 0.25) is 5.88 Å². The van der Waals surface area contributed by atoms with Crippen molar-refractivity contribution in [3.8, 4) is 18.0 Å². The molecule has 1 heterocycles. The number of nitrogens with one attached hydrogen (secondary N) is 2. The maximum atomic E-state index is 11.3. The molecule has 0 saturated heterocycles. The Hall–Kier alpha value is -2.38. The van der Waals surface area contributed by atoms with Crippen molar-refractivity contribution >= 4 is 18.3 Å². The molecule has 1 aromatic heterocycles. The maximum Gasteiger partial charge on any atom is 0.262 e. The predicted molar refractivity (Wildman–Crippen MR) is 53.1 cm³/mol. The molecule has 1 rings (SSSR count). The van der Waals surface area contributed by atoms with E-state index in [4.69, 9.17) is 10.5 Å². The first-order valence-corrected chi connectivity index (χ1v) is 4.06.